The second-order valence-electron chi connectivity index (χ2n) is 8.17. The fraction of sp³-hybridized carbons (Fsp3) is 0.458. The van der Waals surface area contributed by atoms with Gasteiger partial charge in [-0.2, -0.15) is 0 Å². The van der Waals surface area contributed by atoms with E-state index in [1.807, 2.05) is 43.4 Å². The number of nitrogens with zero attached hydrogens (tertiary/aromatic N) is 3. The maximum absolute atomic E-state index is 12.7. The minimum atomic E-state index is -0.148. The molecule has 2 aromatic rings. The molecule has 0 spiro atoms. The molecule has 4 rings (SSSR count). The number of carbonyl (C=O) groups is 1. The number of hydrogen-bond acceptors (Lipinski definition) is 6. The van der Waals surface area contributed by atoms with Gasteiger partial charge in [-0.1, -0.05) is 24.3 Å². The molecule has 2 aliphatic rings. The van der Waals surface area contributed by atoms with E-state index in [1.54, 1.807) is 12.0 Å². The van der Waals surface area contributed by atoms with Crippen molar-refractivity contribution < 1.29 is 19.0 Å². The Morgan fingerprint density at radius 1 is 1.03 bits per heavy atom. The Balaban J connectivity index is 1.19. The van der Waals surface area contributed by atoms with Crippen molar-refractivity contribution in [2.75, 3.05) is 60.0 Å². The molecule has 2 aromatic carbocycles. The van der Waals surface area contributed by atoms with E-state index < -0.39 is 0 Å². The lowest BCUT2D eigenvalue weighted by Gasteiger charge is -2.35. The van der Waals surface area contributed by atoms with Gasteiger partial charge in [0, 0.05) is 39.8 Å². The third kappa shape index (κ3) is 5.68. The lowest BCUT2D eigenvalue weighted by molar-refractivity contribution is -0.133. The van der Waals surface area contributed by atoms with Crippen LogP contribution in [0.1, 0.15) is 5.56 Å². The van der Waals surface area contributed by atoms with Gasteiger partial charge in [0.05, 0.1) is 20.2 Å². The molecule has 1 atom stereocenters. The molecule has 2 aliphatic heterocycles. The molecule has 0 radical (unpaired) electrons. The number of ether oxygens (including phenoxy) is 3. The van der Waals surface area contributed by atoms with Crippen LogP contribution in [0.5, 0.6) is 17.2 Å². The van der Waals surface area contributed by atoms with Crippen molar-refractivity contribution in [1.29, 1.82) is 0 Å². The van der Waals surface area contributed by atoms with Crippen molar-refractivity contribution in [2.24, 2.45) is 0 Å². The van der Waals surface area contributed by atoms with Crippen LogP contribution in [0, 0.1) is 0 Å². The number of amides is 1. The summed E-state index contributed by atoms with van der Waals surface area (Å²) >= 11 is 0. The number of methoxy groups -OCH3 is 1. The molecule has 7 nitrogen and oxygen atoms in total. The molecule has 1 saturated heterocycles. The van der Waals surface area contributed by atoms with E-state index in [4.69, 9.17) is 14.2 Å². The minimum Gasteiger partial charge on any atom is -0.497 e. The number of para-hydroxylation sites is 2. The van der Waals surface area contributed by atoms with Crippen LogP contribution >= 0.6 is 0 Å². The highest BCUT2D eigenvalue weighted by atomic mass is 16.6. The lowest BCUT2D eigenvalue weighted by Crippen LogP contribution is -2.50. The van der Waals surface area contributed by atoms with Crippen LogP contribution in [0.4, 0.5) is 0 Å². The number of rotatable bonds is 7. The number of fused-ring (bicyclic) bond motifs is 1. The van der Waals surface area contributed by atoms with E-state index in [2.05, 4.69) is 21.9 Å². The summed E-state index contributed by atoms with van der Waals surface area (Å²) in [4.78, 5) is 19.1. The van der Waals surface area contributed by atoms with Gasteiger partial charge in [0.15, 0.2) is 17.6 Å². The van der Waals surface area contributed by atoms with Gasteiger partial charge in [-0.05, 0) is 29.8 Å². The van der Waals surface area contributed by atoms with Crippen molar-refractivity contribution in [1.82, 2.24) is 14.7 Å². The molecular weight excluding hydrogens is 394 g/mol. The minimum absolute atomic E-state index is 0.117. The summed E-state index contributed by atoms with van der Waals surface area (Å²) in [6, 6.07) is 15.9. The zero-order chi connectivity index (χ0) is 21.6. The largest absolute Gasteiger partial charge is 0.497 e. The van der Waals surface area contributed by atoms with Crippen LogP contribution in [0.15, 0.2) is 48.5 Å². The Bertz CT molecular complexity index is 865. The molecule has 1 amide bonds. The van der Waals surface area contributed by atoms with E-state index >= 15 is 0 Å². The first-order chi connectivity index (χ1) is 15.1. The highest BCUT2D eigenvalue weighted by Crippen LogP contribution is 2.30. The summed E-state index contributed by atoms with van der Waals surface area (Å²) in [5.74, 6) is 2.50. The monoisotopic (exact) mass is 425 g/mol. The van der Waals surface area contributed by atoms with Crippen molar-refractivity contribution in [3.8, 4) is 17.2 Å². The summed E-state index contributed by atoms with van der Waals surface area (Å²) in [6.45, 7) is 6.05. The second kappa shape index (κ2) is 10.0. The van der Waals surface area contributed by atoms with Crippen LogP contribution in [0.3, 0.4) is 0 Å². The Morgan fingerprint density at radius 2 is 1.71 bits per heavy atom. The molecule has 0 aliphatic carbocycles. The van der Waals surface area contributed by atoms with Gasteiger partial charge < -0.3 is 19.1 Å². The normalized spacial score (nSPS) is 19.1. The lowest BCUT2D eigenvalue weighted by atomic mass is 10.2. The van der Waals surface area contributed by atoms with E-state index in [0.717, 1.165) is 50.0 Å². The molecule has 2 heterocycles. The Labute approximate surface area is 184 Å². The fourth-order valence-electron chi connectivity index (χ4n) is 3.97. The van der Waals surface area contributed by atoms with E-state index in [0.29, 0.717) is 19.7 Å². The van der Waals surface area contributed by atoms with Crippen molar-refractivity contribution in [3.63, 3.8) is 0 Å². The van der Waals surface area contributed by atoms with Gasteiger partial charge in [-0.15, -0.1) is 0 Å². The molecule has 0 N–H and O–H groups in total. The van der Waals surface area contributed by atoms with Crippen LogP contribution in [0.25, 0.3) is 0 Å². The standard InChI is InChI=1S/C24H31N3O4/c1-25(16-21-18-30-22-5-3-4-6-23(22)31-21)24(28)17-27-13-11-26(12-14-27)15-19-7-9-20(29-2)10-8-19/h3-10,21H,11-18H2,1-2H3/t21-/m0/s1. The Kier molecular flexibility index (Phi) is 6.94. The highest BCUT2D eigenvalue weighted by molar-refractivity contribution is 5.78. The molecular formula is C24H31N3O4. The summed E-state index contributed by atoms with van der Waals surface area (Å²) < 4.78 is 17.0. The summed E-state index contributed by atoms with van der Waals surface area (Å²) in [7, 11) is 3.52. The third-order valence-corrected chi connectivity index (χ3v) is 5.86. The average Bonchev–Trinajstić information content (AvgIpc) is 2.80. The first-order valence-corrected chi connectivity index (χ1v) is 10.8. The zero-order valence-electron chi connectivity index (χ0n) is 18.3. The first kappa shape index (κ1) is 21.5. The second-order valence-corrected chi connectivity index (χ2v) is 8.17. The number of hydrogen-bond donors (Lipinski definition) is 0. The first-order valence-electron chi connectivity index (χ1n) is 10.8. The number of piperazine rings is 1. The maximum atomic E-state index is 12.7. The van der Waals surface area contributed by atoms with Gasteiger partial charge >= 0.3 is 0 Å². The molecule has 31 heavy (non-hydrogen) atoms. The van der Waals surface area contributed by atoms with E-state index in [9.17, 15) is 4.79 Å². The molecule has 0 aromatic heterocycles. The Morgan fingerprint density at radius 3 is 2.42 bits per heavy atom. The SMILES string of the molecule is COc1ccc(CN2CCN(CC(=O)N(C)C[C@H]3COc4ccccc4O3)CC2)cc1. The van der Waals surface area contributed by atoms with Crippen LogP contribution < -0.4 is 14.2 Å². The van der Waals surface area contributed by atoms with E-state index in [-0.39, 0.29) is 12.0 Å². The molecule has 0 unspecified atom stereocenters. The van der Waals surface area contributed by atoms with Gasteiger partial charge in [0.2, 0.25) is 5.91 Å². The molecule has 1 fully saturated rings. The average molecular weight is 426 g/mol. The van der Waals surface area contributed by atoms with E-state index in [1.165, 1.54) is 5.56 Å². The van der Waals surface area contributed by atoms with Crippen LogP contribution in [-0.4, -0.2) is 86.7 Å². The van der Waals surface area contributed by atoms with Gasteiger partial charge in [0.1, 0.15) is 12.4 Å². The van der Waals surface area contributed by atoms with Crippen molar-refractivity contribution in [2.45, 2.75) is 12.6 Å². The predicted molar refractivity (Wildman–Crippen MR) is 119 cm³/mol. The summed E-state index contributed by atoms with van der Waals surface area (Å²) in [5.41, 5.74) is 1.28. The summed E-state index contributed by atoms with van der Waals surface area (Å²) in [5, 5.41) is 0. The highest BCUT2D eigenvalue weighted by Gasteiger charge is 2.25. The van der Waals surface area contributed by atoms with Crippen molar-refractivity contribution in [3.05, 3.63) is 54.1 Å². The maximum Gasteiger partial charge on any atom is 0.236 e. The van der Waals surface area contributed by atoms with Crippen molar-refractivity contribution >= 4 is 5.91 Å². The van der Waals surface area contributed by atoms with Gasteiger partial charge in [0.25, 0.3) is 0 Å². The summed E-state index contributed by atoms with van der Waals surface area (Å²) in [6.07, 6.45) is -0.148. The fourth-order valence-corrected chi connectivity index (χ4v) is 3.97. The zero-order valence-corrected chi connectivity index (χ0v) is 18.3. The molecule has 7 heteroatoms. The predicted octanol–water partition coefficient (Wildman–Crippen LogP) is 2.11. The molecule has 166 valence electrons. The third-order valence-electron chi connectivity index (χ3n) is 5.86. The number of carbonyl (C=O) groups excluding carboxylic acids is 1. The van der Waals surface area contributed by atoms with Crippen LogP contribution in [0.2, 0.25) is 0 Å². The molecule has 0 saturated carbocycles. The number of likely N-dealkylation sites (N-methyl/N-ethyl adjacent to an activating group) is 1. The van der Waals surface area contributed by atoms with Crippen LogP contribution in [-0.2, 0) is 11.3 Å². The van der Waals surface area contributed by atoms with Gasteiger partial charge in [-0.3, -0.25) is 14.6 Å². The smallest absolute Gasteiger partial charge is 0.236 e. The number of benzene rings is 2. The quantitative estimate of drug-likeness (QED) is 0.677. The topological polar surface area (TPSA) is 54.5 Å². The van der Waals surface area contributed by atoms with Gasteiger partial charge in [-0.25, -0.2) is 0 Å². The molecule has 0 bridgehead atoms. The Hall–Kier alpha value is -2.77.